The molecule has 0 bridgehead atoms. The van der Waals surface area contributed by atoms with Crippen molar-refractivity contribution in [3.8, 4) is 0 Å². The first-order valence-electron chi connectivity index (χ1n) is 9.22. The van der Waals surface area contributed by atoms with Crippen LogP contribution in [-0.4, -0.2) is 44.7 Å². The van der Waals surface area contributed by atoms with Gasteiger partial charge in [0.15, 0.2) is 5.78 Å². The van der Waals surface area contributed by atoms with Crippen LogP contribution < -0.4 is 4.90 Å². The quantitative estimate of drug-likeness (QED) is 0.669. The summed E-state index contributed by atoms with van der Waals surface area (Å²) < 4.78 is 27.6. The van der Waals surface area contributed by atoms with E-state index < -0.39 is 10.0 Å². The number of benzene rings is 2. The summed E-state index contributed by atoms with van der Waals surface area (Å²) in [5.74, 6) is 0.00366. The lowest BCUT2D eigenvalue weighted by atomic mass is 10.2. The van der Waals surface area contributed by atoms with Gasteiger partial charge in [0.2, 0.25) is 10.0 Å². The fourth-order valence-electron chi connectivity index (χ4n) is 3.11. The number of piperazine rings is 1. The summed E-state index contributed by atoms with van der Waals surface area (Å²) >= 11 is 6.26. The number of rotatable bonds is 6. The van der Waals surface area contributed by atoms with E-state index in [0.717, 1.165) is 5.69 Å². The van der Waals surface area contributed by atoms with Crippen LogP contribution >= 0.6 is 11.6 Å². The highest BCUT2D eigenvalue weighted by molar-refractivity contribution is 7.89. The zero-order valence-corrected chi connectivity index (χ0v) is 17.3. The van der Waals surface area contributed by atoms with Gasteiger partial charge < -0.3 is 4.90 Å². The molecule has 2 aromatic rings. The largest absolute Gasteiger partial charge is 0.368 e. The number of sulfonamides is 1. The number of carbonyl (C=O) groups is 1. The van der Waals surface area contributed by atoms with E-state index in [9.17, 15) is 13.2 Å². The van der Waals surface area contributed by atoms with E-state index in [2.05, 4.69) is 4.90 Å². The number of nitrogens with zero attached hydrogens (tertiary/aromatic N) is 2. The van der Waals surface area contributed by atoms with Gasteiger partial charge in [-0.25, -0.2) is 8.42 Å². The number of para-hydroxylation sites is 1. The van der Waals surface area contributed by atoms with Crippen LogP contribution in [0, 0.1) is 0 Å². The predicted octanol–water partition coefficient (Wildman–Crippen LogP) is 3.84. The maximum absolute atomic E-state index is 13.0. The van der Waals surface area contributed by atoms with Gasteiger partial charge in [0.05, 0.1) is 15.6 Å². The van der Waals surface area contributed by atoms with Crippen molar-refractivity contribution >= 4 is 39.2 Å². The first-order chi connectivity index (χ1) is 13.4. The predicted molar refractivity (Wildman–Crippen MR) is 113 cm³/mol. The van der Waals surface area contributed by atoms with Crippen molar-refractivity contribution in [2.75, 3.05) is 31.1 Å². The molecule has 2 aromatic carbocycles. The van der Waals surface area contributed by atoms with Crippen LogP contribution in [-0.2, 0) is 14.8 Å². The Bertz CT molecular complexity index is 981. The van der Waals surface area contributed by atoms with Gasteiger partial charge in [-0.05, 0) is 35.9 Å². The third-order valence-corrected chi connectivity index (χ3v) is 6.95. The Morgan fingerprint density at radius 3 is 2.46 bits per heavy atom. The molecular weight excluding hydrogens is 396 g/mol. The van der Waals surface area contributed by atoms with E-state index in [0.29, 0.717) is 43.2 Å². The second kappa shape index (κ2) is 8.90. The van der Waals surface area contributed by atoms with Crippen molar-refractivity contribution in [3.05, 3.63) is 65.2 Å². The molecule has 1 fully saturated rings. The van der Waals surface area contributed by atoms with Gasteiger partial charge in [0, 0.05) is 32.6 Å². The summed E-state index contributed by atoms with van der Waals surface area (Å²) in [7, 11) is -3.59. The highest BCUT2D eigenvalue weighted by Crippen LogP contribution is 2.27. The summed E-state index contributed by atoms with van der Waals surface area (Å²) in [6, 6.07) is 14.3. The minimum Gasteiger partial charge on any atom is -0.368 e. The van der Waals surface area contributed by atoms with Crippen LogP contribution in [0.5, 0.6) is 0 Å². The van der Waals surface area contributed by atoms with Crippen LogP contribution in [0.3, 0.4) is 0 Å². The van der Waals surface area contributed by atoms with Crippen LogP contribution in [0.25, 0.3) is 6.08 Å². The minimum absolute atomic E-state index is 0.00366. The second-order valence-electron chi connectivity index (χ2n) is 6.57. The van der Waals surface area contributed by atoms with Crippen molar-refractivity contribution in [3.63, 3.8) is 0 Å². The van der Waals surface area contributed by atoms with E-state index in [4.69, 9.17) is 11.6 Å². The lowest BCUT2D eigenvalue weighted by molar-refractivity contribution is -0.114. The summed E-state index contributed by atoms with van der Waals surface area (Å²) in [6.07, 6.45) is 3.55. The standard InChI is InChI=1S/C21H23ClN2O3S/c1-2-18(25)11-10-17-6-5-7-19(16-17)28(26,27)24-14-12-23(13-15-24)21-9-4-3-8-20(21)22/h3-11,16H,2,12-15H2,1H3/b11-10+. The van der Waals surface area contributed by atoms with Crippen molar-refractivity contribution in [1.29, 1.82) is 0 Å². The Labute approximate surface area is 171 Å². The van der Waals surface area contributed by atoms with Gasteiger partial charge in [0.1, 0.15) is 0 Å². The normalized spacial score (nSPS) is 15.9. The SMILES string of the molecule is CCC(=O)/C=C/c1cccc(S(=O)(=O)N2CCN(c3ccccc3Cl)CC2)c1. The molecule has 1 heterocycles. The molecule has 0 unspecified atom stereocenters. The number of allylic oxidation sites excluding steroid dienone is 1. The Balaban J connectivity index is 1.73. The molecule has 7 heteroatoms. The zero-order chi connectivity index (χ0) is 20.1. The van der Waals surface area contributed by atoms with Crippen molar-refractivity contribution in [1.82, 2.24) is 4.31 Å². The van der Waals surface area contributed by atoms with E-state index in [1.54, 1.807) is 37.3 Å². The average Bonchev–Trinajstić information content (AvgIpc) is 2.72. The van der Waals surface area contributed by atoms with Crippen molar-refractivity contribution in [2.24, 2.45) is 0 Å². The first kappa shape index (κ1) is 20.6. The molecule has 0 spiro atoms. The fourth-order valence-corrected chi connectivity index (χ4v) is 4.85. The van der Waals surface area contributed by atoms with Gasteiger partial charge in [0.25, 0.3) is 0 Å². The molecule has 1 aliphatic rings. The number of carbonyl (C=O) groups excluding carboxylic acids is 1. The molecule has 0 radical (unpaired) electrons. The van der Waals surface area contributed by atoms with E-state index in [1.807, 2.05) is 24.3 Å². The Morgan fingerprint density at radius 1 is 1.07 bits per heavy atom. The molecule has 5 nitrogen and oxygen atoms in total. The topological polar surface area (TPSA) is 57.7 Å². The van der Waals surface area contributed by atoms with Crippen molar-refractivity contribution < 1.29 is 13.2 Å². The molecule has 1 saturated heterocycles. The maximum Gasteiger partial charge on any atom is 0.243 e. The third-order valence-electron chi connectivity index (χ3n) is 4.74. The molecule has 3 rings (SSSR count). The van der Waals surface area contributed by atoms with E-state index in [1.165, 1.54) is 10.4 Å². The molecular formula is C21H23ClN2O3S. The molecule has 28 heavy (non-hydrogen) atoms. The first-order valence-corrected chi connectivity index (χ1v) is 11.0. The summed E-state index contributed by atoms with van der Waals surface area (Å²) in [5, 5.41) is 0.667. The van der Waals surface area contributed by atoms with Gasteiger partial charge in [-0.2, -0.15) is 4.31 Å². The molecule has 0 saturated carbocycles. The summed E-state index contributed by atoms with van der Waals surface area (Å²) in [5.41, 5.74) is 1.62. The fraction of sp³-hybridized carbons (Fsp3) is 0.286. The Morgan fingerprint density at radius 2 is 1.79 bits per heavy atom. The molecule has 0 aromatic heterocycles. The lowest BCUT2D eigenvalue weighted by Gasteiger charge is -2.35. The molecule has 148 valence electrons. The third kappa shape index (κ3) is 4.63. The maximum atomic E-state index is 13.0. The number of ketones is 1. The van der Waals surface area contributed by atoms with E-state index >= 15 is 0 Å². The number of halogens is 1. The smallest absolute Gasteiger partial charge is 0.243 e. The minimum atomic E-state index is -3.59. The summed E-state index contributed by atoms with van der Waals surface area (Å²) in [4.78, 5) is 13.8. The van der Waals surface area contributed by atoms with Crippen LogP contribution in [0.2, 0.25) is 5.02 Å². The molecule has 0 aliphatic carbocycles. The molecule has 0 amide bonds. The highest BCUT2D eigenvalue weighted by Gasteiger charge is 2.29. The van der Waals surface area contributed by atoms with Crippen LogP contribution in [0.4, 0.5) is 5.69 Å². The van der Waals surface area contributed by atoms with Gasteiger partial charge in [-0.15, -0.1) is 0 Å². The molecule has 0 N–H and O–H groups in total. The Kier molecular flexibility index (Phi) is 6.54. The Hall–Kier alpha value is -2.15. The van der Waals surface area contributed by atoms with Gasteiger partial charge in [-0.3, -0.25) is 4.79 Å². The van der Waals surface area contributed by atoms with Gasteiger partial charge in [-0.1, -0.05) is 48.9 Å². The number of hydrogen-bond acceptors (Lipinski definition) is 4. The average molecular weight is 419 g/mol. The molecule has 1 aliphatic heterocycles. The van der Waals surface area contributed by atoms with E-state index in [-0.39, 0.29) is 10.7 Å². The highest BCUT2D eigenvalue weighted by atomic mass is 35.5. The second-order valence-corrected chi connectivity index (χ2v) is 8.91. The summed E-state index contributed by atoms with van der Waals surface area (Å²) in [6.45, 7) is 3.72. The number of anilines is 1. The van der Waals surface area contributed by atoms with Gasteiger partial charge >= 0.3 is 0 Å². The molecule has 0 atom stereocenters. The number of hydrogen-bond donors (Lipinski definition) is 0. The van der Waals surface area contributed by atoms with Crippen LogP contribution in [0.15, 0.2) is 59.5 Å². The van der Waals surface area contributed by atoms with Crippen molar-refractivity contribution in [2.45, 2.75) is 18.2 Å². The zero-order valence-electron chi connectivity index (χ0n) is 15.7. The monoisotopic (exact) mass is 418 g/mol. The lowest BCUT2D eigenvalue weighted by Crippen LogP contribution is -2.48. The van der Waals surface area contributed by atoms with Crippen LogP contribution in [0.1, 0.15) is 18.9 Å².